The first-order valence-corrected chi connectivity index (χ1v) is 6.98. The highest BCUT2D eigenvalue weighted by Crippen LogP contribution is 2.21. The van der Waals surface area contributed by atoms with Gasteiger partial charge in [-0.1, -0.05) is 32.9 Å². The number of para-hydroxylation sites is 1. The first-order valence-electron chi connectivity index (χ1n) is 6.98. The number of benzene rings is 1. The van der Waals surface area contributed by atoms with Crippen LogP contribution in [-0.4, -0.2) is 21.5 Å². The molecule has 0 aliphatic carbocycles. The van der Waals surface area contributed by atoms with Gasteiger partial charge in [-0.2, -0.15) is 9.69 Å². The minimum Gasteiger partial charge on any atom is -0.273 e. The van der Waals surface area contributed by atoms with Gasteiger partial charge in [0.25, 0.3) is 5.56 Å². The van der Waals surface area contributed by atoms with E-state index in [0.29, 0.717) is 16.7 Å². The van der Waals surface area contributed by atoms with Gasteiger partial charge in [0.15, 0.2) is 0 Å². The highest BCUT2D eigenvalue weighted by atomic mass is 16.2. The molecule has 0 spiro atoms. The average Bonchev–Trinajstić information content (AvgIpc) is 2.39. The second-order valence-electron chi connectivity index (χ2n) is 6.17. The number of fused-ring (bicyclic) bond motifs is 1. The molecule has 0 N–H and O–H groups in total. The van der Waals surface area contributed by atoms with E-state index in [0.717, 1.165) is 9.69 Å². The maximum absolute atomic E-state index is 12.8. The van der Waals surface area contributed by atoms with Crippen molar-refractivity contribution in [2.45, 2.75) is 40.0 Å². The minimum atomic E-state index is -0.530. The van der Waals surface area contributed by atoms with Gasteiger partial charge in [-0.3, -0.25) is 14.4 Å². The monoisotopic (exact) mass is 301 g/mol. The summed E-state index contributed by atoms with van der Waals surface area (Å²) in [4.78, 5) is 41.1. The third kappa shape index (κ3) is 2.64. The fraction of sp³-hybridized carbons (Fsp3) is 0.375. The number of hydrogen-bond donors (Lipinski definition) is 0. The first-order chi connectivity index (χ1) is 10.1. The lowest BCUT2D eigenvalue weighted by Crippen LogP contribution is -2.51. The Morgan fingerprint density at radius 3 is 2.14 bits per heavy atom. The average molecular weight is 301 g/mol. The summed E-state index contributed by atoms with van der Waals surface area (Å²) >= 11 is 0. The largest absolute Gasteiger partial charge is 0.280 e. The van der Waals surface area contributed by atoms with Gasteiger partial charge < -0.3 is 0 Å². The van der Waals surface area contributed by atoms with Crippen molar-refractivity contribution in [1.82, 2.24) is 9.66 Å². The van der Waals surface area contributed by atoms with Crippen LogP contribution in [0.15, 0.2) is 29.1 Å². The number of nitrogens with zero attached hydrogens (tertiary/aromatic N) is 3. The van der Waals surface area contributed by atoms with E-state index >= 15 is 0 Å². The molecule has 22 heavy (non-hydrogen) atoms. The molecule has 1 aromatic heterocycles. The minimum absolute atomic E-state index is 0.363. The third-order valence-corrected chi connectivity index (χ3v) is 3.22. The number of rotatable bonds is 1. The van der Waals surface area contributed by atoms with Crippen molar-refractivity contribution in [3.05, 3.63) is 40.4 Å². The second kappa shape index (κ2) is 5.36. The first kappa shape index (κ1) is 15.9. The van der Waals surface area contributed by atoms with Crippen LogP contribution in [0.25, 0.3) is 10.9 Å². The molecule has 6 nitrogen and oxygen atoms in total. The molecule has 0 bridgehead atoms. The van der Waals surface area contributed by atoms with Crippen molar-refractivity contribution in [2.24, 2.45) is 0 Å². The lowest BCUT2D eigenvalue weighted by Gasteiger charge is -2.28. The highest BCUT2D eigenvalue weighted by Gasteiger charge is 2.29. The maximum atomic E-state index is 12.8. The van der Waals surface area contributed by atoms with Gasteiger partial charge in [-0.25, -0.2) is 4.98 Å². The predicted molar refractivity (Wildman–Crippen MR) is 84.3 cm³/mol. The molecular formula is C16H19N3O3. The zero-order chi connectivity index (χ0) is 16.7. The topological polar surface area (TPSA) is 72.3 Å². The Hall–Kier alpha value is -2.50. The van der Waals surface area contributed by atoms with Crippen LogP contribution in [0.1, 0.15) is 40.4 Å². The summed E-state index contributed by atoms with van der Waals surface area (Å²) in [6.45, 7) is 8.11. The van der Waals surface area contributed by atoms with Crippen molar-refractivity contribution >= 4 is 22.7 Å². The maximum Gasteiger partial charge on any atom is 0.280 e. The number of imide groups is 1. The zero-order valence-corrected chi connectivity index (χ0v) is 13.4. The molecule has 0 saturated carbocycles. The SMILES string of the molecule is CC(=O)N(C(C)=O)n1c(C(C)(C)C)nc2ccccc2c1=O. The van der Waals surface area contributed by atoms with E-state index < -0.39 is 22.8 Å². The summed E-state index contributed by atoms with van der Waals surface area (Å²) in [5.41, 5.74) is -0.409. The Balaban J connectivity index is 2.97. The highest BCUT2D eigenvalue weighted by molar-refractivity contribution is 6.06. The van der Waals surface area contributed by atoms with Gasteiger partial charge in [0.1, 0.15) is 5.82 Å². The fourth-order valence-electron chi connectivity index (χ4n) is 2.30. The molecule has 0 unspecified atom stereocenters. The molecule has 0 radical (unpaired) electrons. The van der Waals surface area contributed by atoms with Gasteiger partial charge in [0.05, 0.1) is 10.9 Å². The van der Waals surface area contributed by atoms with E-state index in [-0.39, 0.29) is 0 Å². The summed E-state index contributed by atoms with van der Waals surface area (Å²) in [6.07, 6.45) is 0. The summed E-state index contributed by atoms with van der Waals surface area (Å²) in [6, 6.07) is 6.88. The predicted octanol–water partition coefficient (Wildman–Crippen LogP) is 1.72. The number of amides is 2. The molecule has 2 aromatic rings. The summed E-state index contributed by atoms with van der Waals surface area (Å²) in [7, 11) is 0. The second-order valence-corrected chi connectivity index (χ2v) is 6.17. The molecule has 0 fully saturated rings. The Labute approximate surface area is 128 Å². The van der Waals surface area contributed by atoms with Gasteiger partial charge in [-0.05, 0) is 12.1 Å². The van der Waals surface area contributed by atoms with Crippen LogP contribution in [0, 0.1) is 0 Å². The van der Waals surface area contributed by atoms with E-state index in [4.69, 9.17) is 0 Å². The van der Waals surface area contributed by atoms with Crippen molar-refractivity contribution < 1.29 is 9.59 Å². The van der Waals surface area contributed by atoms with Gasteiger partial charge in [0, 0.05) is 19.3 Å². The van der Waals surface area contributed by atoms with Crippen molar-refractivity contribution in [2.75, 3.05) is 5.01 Å². The molecule has 2 amide bonds. The van der Waals surface area contributed by atoms with Crippen LogP contribution in [-0.2, 0) is 15.0 Å². The molecule has 0 atom stereocenters. The van der Waals surface area contributed by atoms with Crippen LogP contribution >= 0.6 is 0 Å². The quantitative estimate of drug-likeness (QED) is 0.804. The number of hydrogen-bond acceptors (Lipinski definition) is 4. The Bertz CT molecular complexity index is 801. The fourth-order valence-corrected chi connectivity index (χ4v) is 2.30. The van der Waals surface area contributed by atoms with Crippen LogP contribution in [0.5, 0.6) is 0 Å². The normalized spacial score (nSPS) is 11.5. The van der Waals surface area contributed by atoms with E-state index in [1.165, 1.54) is 13.8 Å². The molecule has 6 heteroatoms. The summed E-state index contributed by atoms with van der Waals surface area (Å²) in [5.74, 6) is -0.698. The van der Waals surface area contributed by atoms with Crippen molar-refractivity contribution in [1.29, 1.82) is 0 Å². The van der Waals surface area contributed by atoms with E-state index in [9.17, 15) is 14.4 Å². The smallest absolute Gasteiger partial charge is 0.273 e. The molecule has 0 saturated heterocycles. The van der Waals surface area contributed by atoms with Crippen LogP contribution in [0.2, 0.25) is 0 Å². The lowest BCUT2D eigenvalue weighted by atomic mass is 9.95. The molecular weight excluding hydrogens is 282 g/mol. The third-order valence-electron chi connectivity index (χ3n) is 3.22. The molecule has 0 aliphatic heterocycles. The molecule has 116 valence electrons. The Morgan fingerprint density at radius 2 is 1.64 bits per heavy atom. The number of carbonyl (C=O) groups is 2. The standard InChI is InChI=1S/C16H19N3O3/c1-10(20)18(11(2)21)19-14(22)12-8-6-7-9-13(12)17-15(19)16(3,4)5/h6-9H,1-5H3. The van der Waals surface area contributed by atoms with Gasteiger partial charge in [-0.15, -0.1) is 0 Å². The van der Waals surface area contributed by atoms with E-state index in [1.807, 2.05) is 20.8 Å². The summed E-state index contributed by atoms with van der Waals surface area (Å²) in [5, 5.41) is 1.20. The molecule has 0 aliphatic rings. The number of aromatic nitrogens is 2. The van der Waals surface area contributed by atoms with Gasteiger partial charge in [0.2, 0.25) is 11.8 Å². The molecule has 1 heterocycles. The van der Waals surface area contributed by atoms with Gasteiger partial charge >= 0.3 is 0 Å². The molecule has 2 rings (SSSR count). The number of carbonyl (C=O) groups excluding carboxylic acids is 2. The van der Waals surface area contributed by atoms with Crippen molar-refractivity contribution in [3.8, 4) is 0 Å². The van der Waals surface area contributed by atoms with Crippen LogP contribution in [0.4, 0.5) is 0 Å². The van der Waals surface area contributed by atoms with E-state index in [1.54, 1.807) is 24.3 Å². The summed E-state index contributed by atoms with van der Waals surface area (Å²) < 4.78 is 1.09. The van der Waals surface area contributed by atoms with Crippen LogP contribution < -0.4 is 10.6 Å². The zero-order valence-electron chi connectivity index (χ0n) is 13.4. The Kier molecular flexibility index (Phi) is 3.87. The van der Waals surface area contributed by atoms with E-state index in [2.05, 4.69) is 4.98 Å². The Morgan fingerprint density at radius 1 is 1.09 bits per heavy atom. The van der Waals surface area contributed by atoms with Crippen LogP contribution in [0.3, 0.4) is 0 Å². The lowest BCUT2D eigenvalue weighted by molar-refractivity contribution is -0.126. The molecule has 1 aromatic carbocycles. The van der Waals surface area contributed by atoms with Crippen molar-refractivity contribution in [3.63, 3.8) is 0 Å².